The second-order valence-corrected chi connectivity index (χ2v) is 9.23. The van der Waals surface area contributed by atoms with Crippen LogP contribution in [0, 0.1) is 6.92 Å². The normalized spacial score (nSPS) is 12.5. The third-order valence-corrected chi connectivity index (χ3v) is 6.73. The maximum atomic E-state index is 13.0. The van der Waals surface area contributed by atoms with Crippen molar-refractivity contribution in [3.8, 4) is 11.5 Å². The molecule has 2 aromatic heterocycles. The zero-order valence-corrected chi connectivity index (χ0v) is 15.9. The number of rotatable bonds is 4. The van der Waals surface area contributed by atoms with Crippen LogP contribution in [0.25, 0.3) is 11.5 Å². The molecule has 1 aromatic carbocycles. The van der Waals surface area contributed by atoms with E-state index >= 15 is 0 Å². The molecule has 0 aliphatic rings. The molecule has 0 radical (unpaired) electrons. The van der Waals surface area contributed by atoms with E-state index in [1.807, 2.05) is 13.0 Å². The van der Waals surface area contributed by atoms with Crippen molar-refractivity contribution < 1.29 is 12.8 Å². The molecule has 0 aliphatic heterocycles. The molecular formula is C17H18ClN3O3S. The lowest BCUT2D eigenvalue weighted by atomic mass is 10.2. The SMILES string of the molecule is Cc1cc(-c2cnc(C(C)(C)S(=O)(=O)c3ccc(Cl)cc3)o2)n(C)n1. The first-order valence-corrected chi connectivity index (χ1v) is 9.46. The van der Waals surface area contributed by atoms with E-state index in [1.54, 1.807) is 37.7 Å². The van der Waals surface area contributed by atoms with Crippen molar-refractivity contribution in [3.63, 3.8) is 0 Å². The number of sulfone groups is 1. The zero-order valence-electron chi connectivity index (χ0n) is 14.3. The van der Waals surface area contributed by atoms with E-state index in [1.165, 1.54) is 18.3 Å². The first kappa shape index (κ1) is 17.7. The van der Waals surface area contributed by atoms with Gasteiger partial charge in [0, 0.05) is 12.1 Å². The molecule has 0 aliphatic carbocycles. The standard InChI is InChI=1S/C17H18ClN3O3S/c1-11-9-14(21(4)20-11)15-10-19-16(24-15)17(2,3)25(22,23)13-7-5-12(18)6-8-13/h5-10H,1-4H3. The second kappa shape index (κ2) is 6.00. The van der Waals surface area contributed by atoms with Gasteiger partial charge in [0.25, 0.3) is 0 Å². The maximum absolute atomic E-state index is 13.0. The molecule has 0 amide bonds. The highest BCUT2D eigenvalue weighted by atomic mass is 35.5. The van der Waals surface area contributed by atoms with Gasteiger partial charge < -0.3 is 4.42 Å². The fraction of sp³-hybridized carbons (Fsp3) is 0.294. The summed E-state index contributed by atoms with van der Waals surface area (Å²) in [5, 5.41) is 4.74. The van der Waals surface area contributed by atoms with Gasteiger partial charge in [0.2, 0.25) is 5.89 Å². The third-order valence-electron chi connectivity index (χ3n) is 4.07. The molecule has 0 saturated heterocycles. The Balaban J connectivity index is 2.03. The Kier molecular flexibility index (Phi) is 4.25. The molecule has 0 bridgehead atoms. The van der Waals surface area contributed by atoms with Crippen molar-refractivity contribution in [2.75, 3.05) is 0 Å². The summed E-state index contributed by atoms with van der Waals surface area (Å²) < 4.78 is 32.2. The molecule has 8 heteroatoms. The highest BCUT2D eigenvalue weighted by molar-refractivity contribution is 7.92. The predicted molar refractivity (Wildman–Crippen MR) is 95.1 cm³/mol. The van der Waals surface area contributed by atoms with Crippen molar-refractivity contribution in [3.05, 3.63) is 53.1 Å². The molecule has 0 saturated carbocycles. The number of benzene rings is 1. The van der Waals surface area contributed by atoms with Gasteiger partial charge >= 0.3 is 0 Å². The molecule has 0 atom stereocenters. The molecule has 25 heavy (non-hydrogen) atoms. The minimum absolute atomic E-state index is 0.122. The summed E-state index contributed by atoms with van der Waals surface area (Å²) in [6, 6.07) is 7.90. The van der Waals surface area contributed by atoms with Crippen molar-refractivity contribution in [2.24, 2.45) is 7.05 Å². The van der Waals surface area contributed by atoms with Crippen LogP contribution in [0.1, 0.15) is 25.4 Å². The number of aryl methyl sites for hydroxylation is 2. The van der Waals surface area contributed by atoms with Crippen LogP contribution in [0.3, 0.4) is 0 Å². The van der Waals surface area contributed by atoms with Crippen molar-refractivity contribution >= 4 is 21.4 Å². The Hall–Kier alpha value is -2.12. The summed E-state index contributed by atoms with van der Waals surface area (Å²) in [7, 11) is -1.93. The van der Waals surface area contributed by atoms with Crippen LogP contribution >= 0.6 is 11.6 Å². The van der Waals surface area contributed by atoms with Gasteiger partial charge in [-0.2, -0.15) is 5.10 Å². The maximum Gasteiger partial charge on any atom is 0.216 e. The van der Waals surface area contributed by atoms with E-state index in [0.717, 1.165) is 11.4 Å². The first-order valence-electron chi connectivity index (χ1n) is 7.60. The molecular weight excluding hydrogens is 362 g/mol. The van der Waals surface area contributed by atoms with Crippen molar-refractivity contribution in [2.45, 2.75) is 30.4 Å². The molecule has 3 rings (SSSR count). The van der Waals surface area contributed by atoms with Gasteiger partial charge in [-0.3, -0.25) is 4.68 Å². The summed E-state index contributed by atoms with van der Waals surface area (Å²) in [6.45, 7) is 5.01. The quantitative estimate of drug-likeness (QED) is 0.689. The minimum atomic E-state index is -3.72. The number of hydrogen-bond donors (Lipinski definition) is 0. The fourth-order valence-electron chi connectivity index (χ4n) is 2.54. The smallest absolute Gasteiger partial charge is 0.216 e. The fourth-order valence-corrected chi connectivity index (χ4v) is 4.07. The Morgan fingerprint density at radius 3 is 2.40 bits per heavy atom. The van der Waals surface area contributed by atoms with Crippen LogP contribution in [-0.4, -0.2) is 23.2 Å². The molecule has 0 unspecified atom stereocenters. The van der Waals surface area contributed by atoms with Crippen LogP contribution in [-0.2, 0) is 21.6 Å². The number of hydrogen-bond acceptors (Lipinski definition) is 5. The Morgan fingerprint density at radius 1 is 1.20 bits per heavy atom. The zero-order chi connectivity index (χ0) is 18.4. The van der Waals surface area contributed by atoms with Crippen LogP contribution in [0.2, 0.25) is 5.02 Å². The van der Waals surface area contributed by atoms with Gasteiger partial charge in [-0.05, 0) is 51.1 Å². The van der Waals surface area contributed by atoms with Gasteiger partial charge in [-0.1, -0.05) is 11.6 Å². The largest absolute Gasteiger partial charge is 0.437 e. The van der Waals surface area contributed by atoms with E-state index < -0.39 is 14.6 Å². The van der Waals surface area contributed by atoms with E-state index in [0.29, 0.717) is 10.8 Å². The van der Waals surface area contributed by atoms with Crippen LogP contribution < -0.4 is 0 Å². The molecule has 132 valence electrons. The van der Waals surface area contributed by atoms with Gasteiger partial charge in [-0.15, -0.1) is 0 Å². The minimum Gasteiger partial charge on any atom is -0.437 e. The number of nitrogens with zero attached hydrogens (tertiary/aromatic N) is 3. The average molecular weight is 380 g/mol. The Morgan fingerprint density at radius 2 is 1.84 bits per heavy atom. The second-order valence-electron chi connectivity index (χ2n) is 6.29. The number of halogens is 1. The van der Waals surface area contributed by atoms with Crippen LogP contribution in [0.4, 0.5) is 0 Å². The van der Waals surface area contributed by atoms with Crippen molar-refractivity contribution in [1.29, 1.82) is 0 Å². The summed E-state index contributed by atoms with van der Waals surface area (Å²) in [5.74, 6) is 0.591. The highest BCUT2D eigenvalue weighted by Crippen LogP contribution is 2.36. The lowest BCUT2D eigenvalue weighted by Crippen LogP contribution is -2.29. The first-order chi connectivity index (χ1) is 11.6. The van der Waals surface area contributed by atoms with E-state index in [4.69, 9.17) is 16.0 Å². The number of oxazole rings is 1. The summed E-state index contributed by atoms with van der Waals surface area (Å²) >= 11 is 5.85. The molecule has 2 heterocycles. The van der Waals surface area contributed by atoms with Crippen LogP contribution in [0.5, 0.6) is 0 Å². The van der Waals surface area contributed by atoms with Crippen molar-refractivity contribution in [1.82, 2.24) is 14.8 Å². The van der Waals surface area contributed by atoms with Gasteiger partial charge in [-0.25, -0.2) is 13.4 Å². The van der Waals surface area contributed by atoms with E-state index in [2.05, 4.69) is 10.1 Å². The van der Waals surface area contributed by atoms with E-state index in [9.17, 15) is 8.42 Å². The predicted octanol–water partition coefficient (Wildman–Crippen LogP) is 3.75. The molecule has 0 spiro atoms. The van der Waals surface area contributed by atoms with E-state index in [-0.39, 0.29) is 10.8 Å². The van der Waals surface area contributed by atoms with Gasteiger partial charge in [0.05, 0.1) is 16.8 Å². The summed E-state index contributed by atoms with van der Waals surface area (Å²) in [4.78, 5) is 4.38. The third kappa shape index (κ3) is 2.98. The topological polar surface area (TPSA) is 78.0 Å². The van der Waals surface area contributed by atoms with Gasteiger partial charge in [0.15, 0.2) is 15.6 Å². The Labute approximate surface area is 151 Å². The average Bonchev–Trinajstić information content (AvgIpc) is 3.14. The molecule has 3 aromatic rings. The Bertz CT molecular complexity index is 1020. The van der Waals surface area contributed by atoms with Crippen LogP contribution in [0.15, 0.2) is 45.8 Å². The monoisotopic (exact) mass is 379 g/mol. The van der Waals surface area contributed by atoms with Gasteiger partial charge in [0.1, 0.15) is 10.4 Å². The number of aromatic nitrogens is 3. The summed E-state index contributed by atoms with van der Waals surface area (Å²) in [6.07, 6.45) is 1.52. The molecule has 0 fully saturated rings. The lowest BCUT2D eigenvalue weighted by Gasteiger charge is -2.21. The highest BCUT2D eigenvalue weighted by Gasteiger charge is 2.42. The summed E-state index contributed by atoms with van der Waals surface area (Å²) in [5.41, 5.74) is 1.57. The lowest BCUT2D eigenvalue weighted by molar-refractivity contribution is 0.437. The molecule has 0 N–H and O–H groups in total. The molecule has 6 nitrogen and oxygen atoms in total.